The Balaban J connectivity index is 1.33. The Morgan fingerprint density at radius 2 is 1.53 bits per heavy atom. The van der Waals surface area contributed by atoms with Gasteiger partial charge in [0.2, 0.25) is 0 Å². The molecule has 1 unspecified atom stereocenters. The lowest BCUT2D eigenvalue weighted by Crippen LogP contribution is -2.19. The molecule has 5 rings (SSSR count). The average Bonchev–Trinajstić information content (AvgIpc) is 3.60. The first-order valence-corrected chi connectivity index (χ1v) is 11.6. The Morgan fingerprint density at radius 1 is 0.941 bits per heavy atom. The Hall–Kier alpha value is -3.70. The van der Waals surface area contributed by atoms with E-state index in [9.17, 15) is 15.0 Å². The minimum absolute atomic E-state index is 0.585. The van der Waals surface area contributed by atoms with E-state index in [0.717, 1.165) is 34.2 Å². The van der Waals surface area contributed by atoms with Crippen LogP contribution in [-0.2, 0) is 16.6 Å². The SMILES string of the molecule is Cc1noc(-c2ccc(-c3ccc(C4(C(=O)O)CC4)cc3)cc2)c1C(O)CCc1ccccc1. The number of aliphatic hydroxyl groups excluding tert-OH is 1. The van der Waals surface area contributed by atoms with Crippen LogP contribution in [0.25, 0.3) is 22.5 Å². The lowest BCUT2D eigenvalue weighted by Gasteiger charge is -2.12. The molecule has 0 saturated heterocycles. The van der Waals surface area contributed by atoms with Gasteiger partial charge in [0.05, 0.1) is 22.8 Å². The molecule has 2 N–H and O–H groups in total. The average molecular weight is 454 g/mol. The number of hydrogen-bond donors (Lipinski definition) is 2. The third-order valence-corrected chi connectivity index (χ3v) is 6.87. The van der Waals surface area contributed by atoms with Crippen molar-refractivity contribution in [3.05, 3.63) is 101 Å². The minimum atomic E-state index is -0.742. The quantitative estimate of drug-likeness (QED) is 0.337. The molecule has 1 saturated carbocycles. The standard InChI is InChI=1S/C29H27NO4/c1-19-26(25(31)16-7-20-5-3-2-4-6-20)27(34-30-19)23-10-8-21(9-11-23)22-12-14-24(15-13-22)29(17-18-29)28(32)33/h2-6,8-15,25,31H,7,16-18H2,1H3,(H,32,33). The molecule has 1 fully saturated rings. The zero-order valence-corrected chi connectivity index (χ0v) is 19.1. The molecule has 1 atom stereocenters. The van der Waals surface area contributed by atoms with E-state index in [-0.39, 0.29) is 0 Å². The van der Waals surface area contributed by atoms with Gasteiger partial charge < -0.3 is 14.7 Å². The summed E-state index contributed by atoms with van der Waals surface area (Å²) in [4.78, 5) is 11.6. The molecule has 5 heteroatoms. The Labute approximate surface area is 198 Å². The summed E-state index contributed by atoms with van der Waals surface area (Å²) in [5.74, 6) is -0.147. The molecular formula is C29H27NO4. The molecule has 172 valence electrons. The Morgan fingerprint density at radius 3 is 2.12 bits per heavy atom. The van der Waals surface area contributed by atoms with Crippen molar-refractivity contribution in [3.63, 3.8) is 0 Å². The third kappa shape index (κ3) is 4.15. The van der Waals surface area contributed by atoms with Gasteiger partial charge in [-0.05, 0) is 54.9 Å². The molecule has 1 heterocycles. The van der Waals surface area contributed by atoms with Crippen molar-refractivity contribution < 1.29 is 19.5 Å². The number of nitrogens with zero attached hydrogens (tertiary/aromatic N) is 1. The van der Waals surface area contributed by atoms with Crippen LogP contribution >= 0.6 is 0 Å². The van der Waals surface area contributed by atoms with Crippen LogP contribution < -0.4 is 0 Å². The van der Waals surface area contributed by atoms with E-state index < -0.39 is 17.5 Å². The van der Waals surface area contributed by atoms with E-state index >= 15 is 0 Å². The van der Waals surface area contributed by atoms with Gasteiger partial charge in [0.15, 0.2) is 5.76 Å². The van der Waals surface area contributed by atoms with Crippen molar-refractivity contribution in [2.24, 2.45) is 0 Å². The summed E-state index contributed by atoms with van der Waals surface area (Å²) in [6.07, 6.45) is 2.09. The van der Waals surface area contributed by atoms with E-state index in [4.69, 9.17) is 4.52 Å². The van der Waals surface area contributed by atoms with Gasteiger partial charge in [-0.1, -0.05) is 84.0 Å². The van der Waals surface area contributed by atoms with Crippen LogP contribution in [0.1, 0.15) is 47.8 Å². The Bertz CT molecular complexity index is 1290. The van der Waals surface area contributed by atoms with Crippen LogP contribution in [0.15, 0.2) is 83.4 Å². The molecule has 1 aliphatic rings. The van der Waals surface area contributed by atoms with E-state index in [2.05, 4.69) is 17.3 Å². The molecule has 0 amide bonds. The highest BCUT2D eigenvalue weighted by Gasteiger charge is 2.51. The van der Waals surface area contributed by atoms with Crippen LogP contribution in [0.5, 0.6) is 0 Å². The number of aliphatic carboxylic acids is 1. The van der Waals surface area contributed by atoms with Crippen molar-refractivity contribution in [2.45, 2.75) is 44.1 Å². The topological polar surface area (TPSA) is 83.6 Å². The number of rotatable bonds is 8. The first-order chi connectivity index (χ1) is 16.5. The van der Waals surface area contributed by atoms with Crippen molar-refractivity contribution in [1.82, 2.24) is 5.16 Å². The summed E-state index contributed by atoms with van der Waals surface area (Å²) in [6.45, 7) is 1.85. The fourth-order valence-corrected chi connectivity index (χ4v) is 4.62. The van der Waals surface area contributed by atoms with Crippen LogP contribution in [0.3, 0.4) is 0 Å². The Kier molecular flexibility index (Phi) is 5.80. The van der Waals surface area contributed by atoms with Crippen molar-refractivity contribution in [1.29, 1.82) is 0 Å². The molecule has 0 aliphatic heterocycles. The van der Waals surface area contributed by atoms with Gasteiger partial charge in [-0.2, -0.15) is 0 Å². The maximum atomic E-state index is 11.6. The maximum absolute atomic E-state index is 11.6. The number of carbonyl (C=O) groups is 1. The second-order valence-electron chi connectivity index (χ2n) is 9.09. The lowest BCUT2D eigenvalue weighted by molar-refractivity contribution is -0.140. The molecule has 3 aromatic carbocycles. The van der Waals surface area contributed by atoms with Crippen LogP contribution in [0.4, 0.5) is 0 Å². The predicted octanol–water partition coefficient (Wildman–Crippen LogP) is 6.10. The van der Waals surface area contributed by atoms with Crippen molar-refractivity contribution in [2.75, 3.05) is 0 Å². The summed E-state index contributed by atoms with van der Waals surface area (Å²) < 4.78 is 5.62. The van der Waals surface area contributed by atoms with Crippen molar-refractivity contribution in [3.8, 4) is 22.5 Å². The van der Waals surface area contributed by atoms with E-state index in [0.29, 0.717) is 30.7 Å². The van der Waals surface area contributed by atoms with Gasteiger partial charge in [-0.3, -0.25) is 4.79 Å². The maximum Gasteiger partial charge on any atom is 0.314 e. The zero-order valence-electron chi connectivity index (χ0n) is 19.1. The fourth-order valence-electron chi connectivity index (χ4n) is 4.62. The van der Waals surface area contributed by atoms with Crippen molar-refractivity contribution >= 4 is 5.97 Å². The monoisotopic (exact) mass is 453 g/mol. The van der Waals surface area contributed by atoms with Gasteiger partial charge in [0.25, 0.3) is 0 Å². The number of aromatic nitrogens is 1. The zero-order chi connectivity index (χ0) is 23.7. The highest BCUT2D eigenvalue weighted by Crippen LogP contribution is 2.48. The molecule has 5 nitrogen and oxygen atoms in total. The van der Waals surface area contributed by atoms with Crippen LogP contribution in [0, 0.1) is 6.92 Å². The minimum Gasteiger partial charge on any atom is -0.481 e. The number of carboxylic acid groups (broad SMARTS) is 1. The number of aryl methyl sites for hydroxylation is 2. The summed E-state index contributed by atoms with van der Waals surface area (Å²) >= 11 is 0. The van der Waals surface area contributed by atoms with E-state index in [1.165, 1.54) is 5.56 Å². The number of hydrogen-bond acceptors (Lipinski definition) is 4. The molecule has 1 aliphatic carbocycles. The highest BCUT2D eigenvalue weighted by molar-refractivity contribution is 5.85. The highest BCUT2D eigenvalue weighted by atomic mass is 16.5. The third-order valence-electron chi connectivity index (χ3n) is 6.87. The number of carboxylic acids is 1. The normalized spacial score (nSPS) is 15.1. The summed E-state index contributed by atoms with van der Waals surface area (Å²) in [6, 6.07) is 25.9. The van der Waals surface area contributed by atoms with Gasteiger partial charge in [0, 0.05) is 5.56 Å². The first-order valence-electron chi connectivity index (χ1n) is 11.6. The van der Waals surface area contributed by atoms with Gasteiger partial charge >= 0.3 is 5.97 Å². The summed E-state index contributed by atoms with van der Waals surface area (Å²) in [5, 5.41) is 24.5. The van der Waals surface area contributed by atoms with Crippen LogP contribution in [-0.4, -0.2) is 21.3 Å². The van der Waals surface area contributed by atoms with Gasteiger partial charge in [-0.15, -0.1) is 0 Å². The second-order valence-corrected chi connectivity index (χ2v) is 9.09. The number of benzene rings is 3. The fraction of sp³-hybridized carbons (Fsp3) is 0.241. The van der Waals surface area contributed by atoms with Crippen LogP contribution in [0.2, 0.25) is 0 Å². The molecular weight excluding hydrogens is 426 g/mol. The molecule has 0 spiro atoms. The van der Waals surface area contributed by atoms with Gasteiger partial charge in [-0.25, -0.2) is 0 Å². The molecule has 34 heavy (non-hydrogen) atoms. The number of aliphatic hydroxyl groups is 1. The van der Waals surface area contributed by atoms with E-state index in [1.54, 1.807) is 0 Å². The molecule has 0 radical (unpaired) electrons. The summed E-state index contributed by atoms with van der Waals surface area (Å²) in [7, 11) is 0. The van der Waals surface area contributed by atoms with E-state index in [1.807, 2.05) is 73.7 Å². The molecule has 0 bridgehead atoms. The summed E-state index contributed by atoms with van der Waals surface area (Å²) in [5.41, 5.74) is 5.70. The smallest absolute Gasteiger partial charge is 0.314 e. The predicted molar refractivity (Wildman–Crippen MR) is 130 cm³/mol. The lowest BCUT2D eigenvalue weighted by atomic mass is 9.93. The second kappa shape index (κ2) is 8.92. The first kappa shape index (κ1) is 22.1. The molecule has 4 aromatic rings. The largest absolute Gasteiger partial charge is 0.481 e. The van der Waals surface area contributed by atoms with Gasteiger partial charge in [0.1, 0.15) is 0 Å². The molecule has 1 aromatic heterocycles.